The molecule has 146 valence electrons. The van der Waals surface area contributed by atoms with Crippen LogP contribution in [0.5, 0.6) is 0 Å². The first-order valence-corrected chi connectivity index (χ1v) is 8.62. The van der Waals surface area contributed by atoms with Crippen molar-refractivity contribution in [2.24, 2.45) is 0 Å². The number of unbranched alkanes of at least 4 members (excludes halogenated alkanes) is 1. The monoisotopic (exact) mass is 378 g/mol. The number of carbonyl (C=O) groups is 3. The molecule has 0 saturated carbocycles. The van der Waals surface area contributed by atoms with Crippen LogP contribution >= 0.6 is 0 Å². The third-order valence-electron chi connectivity index (χ3n) is 3.72. The molecule has 27 heavy (non-hydrogen) atoms. The van der Waals surface area contributed by atoms with Crippen molar-refractivity contribution in [1.82, 2.24) is 20.2 Å². The zero-order chi connectivity index (χ0) is 20.0. The van der Waals surface area contributed by atoms with E-state index in [2.05, 4.69) is 15.6 Å². The van der Waals surface area contributed by atoms with E-state index < -0.39 is 30.0 Å². The van der Waals surface area contributed by atoms with E-state index in [1.165, 1.54) is 6.92 Å². The Morgan fingerprint density at radius 3 is 2.70 bits per heavy atom. The number of imide groups is 1. The number of amides is 3. The van der Waals surface area contributed by atoms with Crippen LogP contribution in [0.3, 0.4) is 0 Å². The number of esters is 1. The van der Waals surface area contributed by atoms with Crippen molar-refractivity contribution in [3.05, 3.63) is 28.0 Å². The highest BCUT2D eigenvalue weighted by atomic mass is 16.5. The standard InChI is InChI=1S/C17H22N4O6/c1-4-6-7-18-17(25)20-11(22)8-21-9-19-14-13(15(21)23)12(10(3)27-14)16(24)26-5-2/h9H,4-8H2,1-3H3,(H2,18,20,22,25). The molecule has 0 saturated heterocycles. The lowest BCUT2D eigenvalue weighted by Gasteiger charge is -2.07. The Kier molecular flexibility index (Phi) is 6.69. The van der Waals surface area contributed by atoms with Crippen molar-refractivity contribution in [3.8, 4) is 0 Å². The normalized spacial score (nSPS) is 10.6. The Balaban J connectivity index is 2.22. The van der Waals surface area contributed by atoms with Crippen molar-refractivity contribution in [2.75, 3.05) is 13.2 Å². The molecule has 3 amide bonds. The molecule has 10 nitrogen and oxygen atoms in total. The number of hydrogen-bond donors (Lipinski definition) is 2. The summed E-state index contributed by atoms with van der Waals surface area (Å²) in [5, 5.41) is 4.61. The maximum atomic E-state index is 12.7. The summed E-state index contributed by atoms with van der Waals surface area (Å²) < 4.78 is 11.3. The topological polar surface area (TPSA) is 133 Å². The van der Waals surface area contributed by atoms with Gasteiger partial charge in [0.15, 0.2) is 0 Å². The molecule has 0 radical (unpaired) electrons. The average molecular weight is 378 g/mol. The molecular weight excluding hydrogens is 356 g/mol. The van der Waals surface area contributed by atoms with Crippen molar-refractivity contribution in [3.63, 3.8) is 0 Å². The molecule has 0 bridgehead atoms. The molecular formula is C17H22N4O6. The van der Waals surface area contributed by atoms with Crippen molar-refractivity contribution < 1.29 is 23.5 Å². The number of furan rings is 1. The molecule has 0 aliphatic rings. The molecule has 0 atom stereocenters. The number of rotatable bonds is 7. The Hall–Kier alpha value is -3.17. The molecule has 2 heterocycles. The summed E-state index contributed by atoms with van der Waals surface area (Å²) in [4.78, 5) is 52.4. The molecule has 0 spiro atoms. The van der Waals surface area contributed by atoms with Crippen molar-refractivity contribution >= 4 is 29.0 Å². The Labute approximate surface area is 154 Å². The zero-order valence-corrected chi connectivity index (χ0v) is 15.5. The number of aryl methyl sites for hydroxylation is 1. The van der Waals surface area contributed by atoms with E-state index in [0.717, 1.165) is 23.7 Å². The summed E-state index contributed by atoms with van der Waals surface area (Å²) >= 11 is 0. The van der Waals surface area contributed by atoms with Crippen LogP contribution in [0, 0.1) is 6.92 Å². The van der Waals surface area contributed by atoms with Gasteiger partial charge in [0.05, 0.1) is 6.61 Å². The summed E-state index contributed by atoms with van der Waals surface area (Å²) in [6.07, 6.45) is 2.82. The second-order valence-corrected chi connectivity index (χ2v) is 5.77. The number of carbonyl (C=O) groups excluding carboxylic acids is 3. The van der Waals surface area contributed by atoms with Gasteiger partial charge < -0.3 is 14.5 Å². The van der Waals surface area contributed by atoms with E-state index in [9.17, 15) is 19.2 Å². The largest absolute Gasteiger partial charge is 0.462 e. The van der Waals surface area contributed by atoms with Gasteiger partial charge in [0.25, 0.3) is 5.56 Å². The van der Waals surface area contributed by atoms with Crippen LogP contribution in [-0.4, -0.2) is 40.6 Å². The summed E-state index contributed by atoms with van der Waals surface area (Å²) in [5.74, 6) is -1.19. The molecule has 0 aromatic carbocycles. The fourth-order valence-electron chi connectivity index (χ4n) is 2.44. The quantitative estimate of drug-likeness (QED) is 0.544. The van der Waals surface area contributed by atoms with Crippen LogP contribution in [0.15, 0.2) is 15.5 Å². The van der Waals surface area contributed by atoms with E-state index in [4.69, 9.17) is 9.15 Å². The van der Waals surface area contributed by atoms with Gasteiger partial charge in [-0.25, -0.2) is 14.6 Å². The Bertz CT molecular complexity index is 914. The lowest BCUT2D eigenvalue weighted by atomic mass is 10.2. The smallest absolute Gasteiger partial charge is 0.342 e. The van der Waals surface area contributed by atoms with Crippen LogP contribution in [-0.2, 0) is 16.1 Å². The lowest BCUT2D eigenvalue weighted by Crippen LogP contribution is -2.42. The molecule has 2 aromatic heterocycles. The number of nitrogens with one attached hydrogen (secondary N) is 2. The average Bonchev–Trinajstić information content (AvgIpc) is 2.94. The first-order chi connectivity index (χ1) is 12.9. The number of ether oxygens (including phenoxy) is 1. The molecule has 0 aliphatic carbocycles. The summed E-state index contributed by atoms with van der Waals surface area (Å²) in [7, 11) is 0. The zero-order valence-electron chi connectivity index (χ0n) is 15.5. The van der Waals surface area contributed by atoms with Gasteiger partial charge in [-0.15, -0.1) is 0 Å². The first-order valence-electron chi connectivity index (χ1n) is 8.62. The molecule has 2 N–H and O–H groups in total. The van der Waals surface area contributed by atoms with E-state index >= 15 is 0 Å². The Morgan fingerprint density at radius 2 is 2.04 bits per heavy atom. The fourth-order valence-corrected chi connectivity index (χ4v) is 2.44. The second-order valence-electron chi connectivity index (χ2n) is 5.77. The minimum Gasteiger partial charge on any atom is -0.462 e. The number of urea groups is 1. The highest BCUT2D eigenvalue weighted by Crippen LogP contribution is 2.21. The summed E-state index contributed by atoms with van der Waals surface area (Å²) in [5.41, 5.74) is -0.674. The maximum absolute atomic E-state index is 12.7. The Morgan fingerprint density at radius 1 is 1.30 bits per heavy atom. The number of fused-ring (bicyclic) bond motifs is 1. The van der Waals surface area contributed by atoms with Gasteiger partial charge in [-0.3, -0.25) is 19.5 Å². The minimum absolute atomic E-state index is 0.0172. The number of nitrogens with zero attached hydrogens (tertiary/aromatic N) is 2. The fraction of sp³-hybridized carbons (Fsp3) is 0.471. The van der Waals surface area contributed by atoms with Crippen LogP contribution in [0.4, 0.5) is 4.79 Å². The van der Waals surface area contributed by atoms with Gasteiger partial charge in [0.1, 0.15) is 29.6 Å². The third kappa shape index (κ3) is 4.72. The van der Waals surface area contributed by atoms with Gasteiger partial charge in [0, 0.05) is 6.54 Å². The predicted molar refractivity (Wildman–Crippen MR) is 95.4 cm³/mol. The molecule has 10 heteroatoms. The molecule has 2 rings (SSSR count). The number of hydrogen-bond acceptors (Lipinski definition) is 7. The van der Waals surface area contributed by atoms with E-state index in [0.29, 0.717) is 6.54 Å². The summed E-state index contributed by atoms with van der Waals surface area (Å²) in [6, 6.07) is -0.637. The van der Waals surface area contributed by atoms with Crippen molar-refractivity contribution in [1.29, 1.82) is 0 Å². The van der Waals surface area contributed by atoms with Gasteiger partial charge in [-0.1, -0.05) is 13.3 Å². The lowest BCUT2D eigenvalue weighted by molar-refractivity contribution is -0.120. The highest BCUT2D eigenvalue weighted by Gasteiger charge is 2.24. The first kappa shape index (κ1) is 20.1. The van der Waals surface area contributed by atoms with E-state index in [1.54, 1.807) is 6.92 Å². The van der Waals surface area contributed by atoms with E-state index in [1.807, 2.05) is 6.92 Å². The van der Waals surface area contributed by atoms with Crippen LogP contribution in [0.25, 0.3) is 11.1 Å². The van der Waals surface area contributed by atoms with Gasteiger partial charge >= 0.3 is 12.0 Å². The van der Waals surface area contributed by atoms with Crippen LogP contribution in [0.1, 0.15) is 42.8 Å². The van der Waals surface area contributed by atoms with Crippen LogP contribution < -0.4 is 16.2 Å². The highest BCUT2D eigenvalue weighted by molar-refractivity contribution is 6.03. The molecule has 0 fully saturated rings. The molecule has 0 unspecified atom stereocenters. The van der Waals surface area contributed by atoms with Gasteiger partial charge in [-0.2, -0.15) is 0 Å². The van der Waals surface area contributed by atoms with Crippen LogP contribution in [0.2, 0.25) is 0 Å². The summed E-state index contributed by atoms with van der Waals surface area (Å²) in [6.45, 7) is 5.28. The number of aromatic nitrogens is 2. The predicted octanol–water partition coefficient (Wildman–Crippen LogP) is 1.10. The molecule has 0 aliphatic heterocycles. The SMILES string of the molecule is CCCCNC(=O)NC(=O)Cn1cnc2oc(C)c(C(=O)OCC)c2c1=O. The minimum atomic E-state index is -0.704. The maximum Gasteiger partial charge on any atom is 0.342 e. The third-order valence-corrected chi connectivity index (χ3v) is 3.72. The molecule has 2 aromatic rings. The van der Waals surface area contributed by atoms with Gasteiger partial charge in [-0.05, 0) is 20.3 Å². The van der Waals surface area contributed by atoms with E-state index in [-0.39, 0.29) is 29.0 Å². The second kappa shape index (κ2) is 8.97. The van der Waals surface area contributed by atoms with Crippen molar-refractivity contribution in [2.45, 2.75) is 40.2 Å². The van der Waals surface area contributed by atoms with Gasteiger partial charge in [0.2, 0.25) is 11.6 Å².